The summed E-state index contributed by atoms with van der Waals surface area (Å²) in [6.07, 6.45) is 0. The molecule has 0 amide bonds. The molecule has 0 aliphatic heterocycles. The molecule has 0 saturated heterocycles. The van der Waals surface area contributed by atoms with Gasteiger partial charge in [0.1, 0.15) is 25.0 Å². The van der Waals surface area contributed by atoms with Gasteiger partial charge < -0.3 is 10.2 Å². The smallest absolute Gasteiger partial charge is 0.137 e. The normalized spacial score (nSPS) is 10.8. The van der Waals surface area contributed by atoms with Crippen LogP contribution >= 0.6 is 11.6 Å². The van der Waals surface area contributed by atoms with Gasteiger partial charge in [0.2, 0.25) is 0 Å². The van der Waals surface area contributed by atoms with Gasteiger partial charge in [0.05, 0.1) is 5.02 Å². The quantitative estimate of drug-likeness (QED) is 0.637. The summed E-state index contributed by atoms with van der Waals surface area (Å²) in [6, 6.07) is 10.1. The van der Waals surface area contributed by atoms with Crippen molar-refractivity contribution in [2.24, 2.45) is 0 Å². The molecule has 0 aliphatic rings. The van der Waals surface area contributed by atoms with Gasteiger partial charge in [-0.05, 0) is 18.6 Å². The first kappa shape index (κ1) is 14.5. The van der Waals surface area contributed by atoms with Crippen LogP contribution in [-0.2, 0) is 0 Å². The lowest BCUT2D eigenvalue weighted by Crippen LogP contribution is -1.99. The van der Waals surface area contributed by atoms with Crippen LogP contribution in [0.3, 0.4) is 0 Å². The summed E-state index contributed by atoms with van der Waals surface area (Å²) < 4.78 is 0. The highest BCUT2D eigenvalue weighted by atomic mass is 35.5. The van der Waals surface area contributed by atoms with Crippen LogP contribution in [0.4, 0.5) is 0 Å². The second-order valence-corrected chi connectivity index (χ2v) is 5.42. The van der Waals surface area contributed by atoms with E-state index in [-0.39, 0.29) is 16.5 Å². The maximum absolute atomic E-state index is 10.1. The van der Waals surface area contributed by atoms with Gasteiger partial charge in [-0.2, -0.15) is 5.10 Å². The molecule has 1 heterocycles. The number of aryl methyl sites for hydroxylation is 1. The molecule has 22 heavy (non-hydrogen) atoms. The van der Waals surface area contributed by atoms with Crippen LogP contribution in [0.2, 0.25) is 5.02 Å². The number of aromatic amines is 1. The number of benzene rings is 2. The average Bonchev–Trinajstić information content (AvgIpc) is 2.85. The molecule has 2 aromatic carbocycles. The van der Waals surface area contributed by atoms with E-state index in [4.69, 9.17) is 19.4 Å². The maximum atomic E-state index is 10.1. The predicted molar refractivity (Wildman–Crippen MR) is 87.9 cm³/mol. The number of aromatic nitrogens is 2. The molecular weight excluding hydrogens is 298 g/mol. The highest BCUT2D eigenvalue weighted by molar-refractivity contribution is 6.32. The predicted octanol–water partition coefficient (Wildman–Crippen LogP) is 2.91. The largest absolute Gasteiger partial charge is 0.507 e. The van der Waals surface area contributed by atoms with Crippen LogP contribution in [0.1, 0.15) is 5.69 Å². The van der Waals surface area contributed by atoms with E-state index in [0.29, 0.717) is 16.7 Å². The monoisotopic (exact) mass is 310 g/mol. The van der Waals surface area contributed by atoms with Crippen molar-refractivity contribution in [2.45, 2.75) is 6.92 Å². The number of nitrogens with zero attached hydrogens (tertiary/aromatic N) is 1. The average molecular weight is 311 g/mol. The van der Waals surface area contributed by atoms with Crippen molar-refractivity contribution < 1.29 is 10.2 Å². The minimum absolute atomic E-state index is 0.0925. The third kappa shape index (κ3) is 2.44. The molecular formula is C16H12BClN2O2. The van der Waals surface area contributed by atoms with Gasteiger partial charge in [-0.15, -0.1) is 0 Å². The Morgan fingerprint density at radius 3 is 2.45 bits per heavy atom. The van der Waals surface area contributed by atoms with Crippen molar-refractivity contribution >= 4 is 24.9 Å². The zero-order valence-electron chi connectivity index (χ0n) is 11.8. The fourth-order valence-corrected chi connectivity index (χ4v) is 2.53. The van der Waals surface area contributed by atoms with Gasteiger partial charge in [0.15, 0.2) is 0 Å². The molecule has 0 fully saturated rings. The molecule has 3 aromatic rings. The zero-order valence-corrected chi connectivity index (χ0v) is 12.5. The SMILES string of the molecule is [B]c1ccc(-c2c(-c3cc(Cl)c(O)cc3O)n[nH]c2C)cc1. The lowest BCUT2D eigenvalue weighted by Gasteiger charge is -2.08. The summed E-state index contributed by atoms with van der Waals surface area (Å²) in [5, 5.41) is 27.0. The van der Waals surface area contributed by atoms with Crippen LogP contribution in [0.15, 0.2) is 36.4 Å². The number of phenols is 2. The number of halogens is 1. The van der Waals surface area contributed by atoms with Crippen molar-refractivity contribution in [2.75, 3.05) is 0 Å². The third-order valence-corrected chi connectivity index (χ3v) is 3.77. The van der Waals surface area contributed by atoms with E-state index in [1.165, 1.54) is 12.1 Å². The van der Waals surface area contributed by atoms with Gasteiger partial charge in [-0.1, -0.05) is 41.3 Å². The molecule has 4 nitrogen and oxygen atoms in total. The fourth-order valence-electron chi connectivity index (χ4n) is 2.37. The number of rotatable bonds is 2. The van der Waals surface area contributed by atoms with E-state index in [9.17, 15) is 10.2 Å². The van der Waals surface area contributed by atoms with Crippen molar-refractivity contribution in [1.82, 2.24) is 10.2 Å². The number of hydrogen-bond donors (Lipinski definition) is 3. The van der Waals surface area contributed by atoms with Gasteiger partial charge >= 0.3 is 0 Å². The number of H-pyrrole nitrogens is 1. The van der Waals surface area contributed by atoms with Crippen LogP contribution in [0.25, 0.3) is 22.4 Å². The van der Waals surface area contributed by atoms with E-state index < -0.39 is 0 Å². The van der Waals surface area contributed by atoms with Crippen molar-refractivity contribution in [3.63, 3.8) is 0 Å². The van der Waals surface area contributed by atoms with E-state index in [2.05, 4.69) is 10.2 Å². The van der Waals surface area contributed by atoms with Crippen LogP contribution < -0.4 is 5.46 Å². The van der Waals surface area contributed by atoms with E-state index in [1.54, 1.807) is 12.1 Å². The van der Waals surface area contributed by atoms with Crippen LogP contribution in [0, 0.1) is 6.92 Å². The van der Waals surface area contributed by atoms with E-state index >= 15 is 0 Å². The maximum Gasteiger partial charge on any atom is 0.137 e. The van der Waals surface area contributed by atoms with Crippen molar-refractivity contribution in [1.29, 1.82) is 0 Å². The Kier molecular flexibility index (Phi) is 3.58. The third-order valence-electron chi connectivity index (χ3n) is 3.47. The number of nitrogens with one attached hydrogen (secondary N) is 1. The van der Waals surface area contributed by atoms with Gasteiger partial charge in [-0.25, -0.2) is 0 Å². The molecule has 1 aromatic heterocycles. The Labute approximate surface area is 133 Å². The first-order chi connectivity index (χ1) is 10.5. The fraction of sp³-hybridized carbons (Fsp3) is 0.0625. The first-order valence-corrected chi connectivity index (χ1v) is 6.98. The molecule has 0 aliphatic carbocycles. The molecule has 2 radical (unpaired) electrons. The van der Waals surface area contributed by atoms with Gasteiger partial charge in [0, 0.05) is 22.9 Å². The number of aromatic hydroxyl groups is 2. The van der Waals surface area contributed by atoms with Crippen molar-refractivity contribution in [3.05, 3.63) is 47.1 Å². The minimum Gasteiger partial charge on any atom is -0.507 e. The summed E-state index contributed by atoms with van der Waals surface area (Å²) in [7, 11) is 5.72. The van der Waals surface area contributed by atoms with Crippen LogP contribution in [-0.4, -0.2) is 28.3 Å². The summed E-state index contributed by atoms with van der Waals surface area (Å²) in [6.45, 7) is 1.89. The van der Waals surface area contributed by atoms with Gasteiger partial charge in [0.25, 0.3) is 0 Å². The standard InChI is InChI=1S/C16H12BClN2O2/c1-8-15(9-2-4-10(17)5-3-9)16(20-19-8)11-6-12(18)14(22)7-13(11)21/h2-7,21-22H,1H3,(H,19,20). The highest BCUT2D eigenvalue weighted by Crippen LogP contribution is 2.41. The zero-order chi connectivity index (χ0) is 15.9. The highest BCUT2D eigenvalue weighted by Gasteiger charge is 2.18. The Morgan fingerprint density at radius 2 is 1.77 bits per heavy atom. The van der Waals surface area contributed by atoms with E-state index in [1.807, 2.05) is 19.1 Å². The summed E-state index contributed by atoms with van der Waals surface area (Å²) in [5.41, 5.74) is 4.28. The molecule has 108 valence electrons. The second-order valence-electron chi connectivity index (χ2n) is 5.01. The van der Waals surface area contributed by atoms with Crippen LogP contribution in [0.5, 0.6) is 11.5 Å². The lowest BCUT2D eigenvalue weighted by atomic mass is 9.92. The van der Waals surface area contributed by atoms with Crippen molar-refractivity contribution in [3.8, 4) is 33.9 Å². The first-order valence-electron chi connectivity index (χ1n) is 6.60. The molecule has 0 bridgehead atoms. The molecule has 6 heteroatoms. The number of phenolic OH excluding ortho intramolecular Hbond substituents is 2. The Balaban J connectivity index is 2.22. The lowest BCUT2D eigenvalue weighted by molar-refractivity contribution is 0.452. The molecule has 0 saturated carbocycles. The minimum atomic E-state index is -0.177. The number of hydrogen-bond acceptors (Lipinski definition) is 3. The van der Waals surface area contributed by atoms with E-state index in [0.717, 1.165) is 16.8 Å². The molecule has 3 rings (SSSR count). The molecule has 3 N–H and O–H groups in total. The Morgan fingerprint density at radius 1 is 1.09 bits per heavy atom. The Hall–Kier alpha value is -2.40. The summed E-state index contributed by atoms with van der Waals surface area (Å²) in [5.74, 6) is -0.269. The molecule has 0 atom stereocenters. The molecule has 0 spiro atoms. The summed E-state index contributed by atoms with van der Waals surface area (Å²) in [4.78, 5) is 0. The second kappa shape index (κ2) is 5.42. The Bertz CT molecular complexity index is 844. The summed E-state index contributed by atoms with van der Waals surface area (Å²) >= 11 is 5.95. The molecule has 0 unspecified atom stereocenters. The van der Waals surface area contributed by atoms with Gasteiger partial charge in [-0.3, -0.25) is 5.10 Å². The topological polar surface area (TPSA) is 69.1 Å².